The van der Waals surface area contributed by atoms with Crippen LogP contribution < -0.4 is 10.5 Å². The van der Waals surface area contributed by atoms with Crippen molar-refractivity contribution in [1.29, 1.82) is 0 Å². The van der Waals surface area contributed by atoms with E-state index in [0.29, 0.717) is 5.75 Å². The highest BCUT2D eigenvalue weighted by molar-refractivity contribution is 5.75. The molecule has 4 heteroatoms. The fourth-order valence-electron chi connectivity index (χ4n) is 2.09. The molecule has 0 spiro atoms. The smallest absolute Gasteiger partial charge is 0.320 e. The molecular formula is C16H17NO3. The molecule has 0 unspecified atom stereocenters. The van der Waals surface area contributed by atoms with Crippen molar-refractivity contribution in [2.24, 2.45) is 5.73 Å². The van der Waals surface area contributed by atoms with Crippen LogP contribution in [0.5, 0.6) is 5.75 Å². The van der Waals surface area contributed by atoms with Crippen molar-refractivity contribution in [3.05, 3.63) is 54.1 Å². The number of hydrogen-bond acceptors (Lipinski definition) is 3. The third-order valence-corrected chi connectivity index (χ3v) is 3.15. The summed E-state index contributed by atoms with van der Waals surface area (Å²) in [5.41, 5.74) is 8.52. The zero-order valence-corrected chi connectivity index (χ0v) is 11.2. The first kappa shape index (κ1) is 14.1. The number of carboxylic acid groups (broad SMARTS) is 1. The van der Waals surface area contributed by atoms with Gasteiger partial charge in [0.2, 0.25) is 0 Å². The molecule has 0 heterocycles. The van der Waals surface area contributed by atoms with Gasteiger partial charge in [0.15, 0.2) is 0 Å². The summed E-state index contributed by atoms with van der Waals surface area (Å²) in [5.74, 6) is -0.316. The summed E-state index contributed by atoms with van der Waals surface area (Å²) in [7, 11) is 1.58. The molecule has 2 aromatic carbocycles. The van der Waals surface area contributed by atoms with Gasteiger partial charge in [-0.2, -0.15) is 0 Å². The van der Waals surface area contributed by atoms with Crippen LogP contribution in [0.25, 0.3) is 11.1 Å². The van der Waals surface area contributed by atoms with Crippen molar-refractivity contribution in [2.45, 2.75) is 12.5 Å². The molecule has 0 aromatic heterocycles. The van der Waals surface area contributed by atoms with Crippen molar-refractivity contribution in [3.8, 4) is 16.9 Å². The minimum atomic E-state index is -1.01. The average molecular weight is 271 g/mol. The lowest BCUT2D eigenvalue weighted by molar-refractivity contribution is -0.138. The second-order valence-electron chi connectivity index (χ2n) is 4.54. The lowest BCUT2D eigenvalue weighted by atomic mass is 9.95. The zero-order valence-electron chi connectivity index (χ0n) is 11.2. The maximum Gasteiger partial charge on any atom is 0.320 e. The van der Waals surface area contributed by atoms with Gasteiger partial charge in [0.1, 0.15) is 11.8 Å². The number of benzene rings is 2. The molecule has 0 radical (unpaired) electrons. The van der Waals surface area contributed by atoms with E-state index in [9.17, 15) is 4.79 Å². The molecule has 2 aromatic rings. The number of methoxy groups -OCH3 is 1. The number of nitrogens with two attached hydrogens (primary N) is 1. The number of carboxylic acids is 1. The number of carbonyl (C=O) groups is 1. The van der Waals surface area contributed by atoms with Crippen molar-refractivity contribution in [2.75, 3.05) is 7.11 Å². The Hall–Kier alpha value is -2.33. The molecule has 2 rings (SSSR count). The highest BCUT2D eigenvalue weighted by Gasteiger charge is 2.16. The van der Waals surface area contributed by atoms with Crippen LogP contribution in [0.15, 0.2) is 48.5 Å². The second kappa shape index (κ2) is 6.21. The lowest BCUT2D eigenvalue weighted by Gasteiger charge is -2.14. The van der Waals surface area contributed by atoms with Gasteiger partial charge in [-0.25, -0.2) is 0 Å². The maximum atomic E-state index is 10.9. The molecule has 0 saturated heterocycles. The van der Waals surface area contributed by atoms with Crippen LogP contribution in [0.2, 0.25) is 0 Å². The monoisotopic (exact) mass is 271 g/mol. The van der Waals surface area contributed by atoms with E-state index in [2.05, 4.69) is 0 Å². The van der Waals surface area contributed by atoms with Crippen LogP contribution in [0.3, 0.4) is 0 Å². The Bertz CT molecular complexity index is 596. The molecule has 0 saturated carbocycles. The van der Waals surface area contributed by atoms with E-state index in [1.54, 1.807) is 7.11 Å². The van der Waals surface area contributed by atoms with E-state index in [4.69, 9.17) is 15.6 Å². The summed E-state index contributed by atoms with van der Waals surface area (Å²) in [5, 5.41) is 8.98. The molecule has 3 N–H and O–H groups in total. The van der Waals surface area contributed by atoms with Crippen molar-refractivity contribution in [1.82, 2.24) is 0 Å². The quantitative estimate of drug-likeness (QED) is 0.875. The average Bonchev–Trinajstić information content (AvgIpc) is 2.48. The first-order valence-electron chi connectivity index (χ1n) is 6.32. The molecule has 4 nitrogen and oxygen atoms in total. The van der Waals surface area contributed by atoms with Crippen LogP contribution in [0.1, 0.15) is 5.56 Å². The van der Waals surface area contributed by atoms with Gasteiger partial charge >= 0.3 is 5.97 Å². The third kappa shape index (κ3) is 3.16. The summed E-state index contributed by atoms with van der Waals surface area (Å²) in [6.45, 7) is 0. The van der Waals surface area contributed by atoms with E-state index in [1.807, 2.05) is 48.5 Å². The summed E-state index contributed by atoms with van der Waals surface area (Å²) in [6, 6.07) is 14.5. The van der Waals surface area contributed by atoms with E-state index < -0.39 is 12.0 Å². The zero-order chi connectivity index (χ0) is 14.5. The van der Waals surface area contributed by atoms with Gasteiger partial charge in [0.25, 0.3) is 0 Å². The van der Waals surface area contributed by atoms with Crippen LogP contribution in [-0.2, 0) is 11.2 Å². The Morgan fingerprint density at radius 1 is 1.25 bits per heavy atom. The van der Waals surface area contributed by atoms with Gasteiger partial charge in [-0.15, -0.1) is 0 Å². The SMILES string of the molecule is COc1ccc(-c2ccccc2)c(C[C@H](N)C(=O)O)c1. The Balaban J connectivity index is 2.43. The predicted molar refractivity (Wildman–Crippen MR) is 77.7 cm³/mol. The number of aliphatic carboxylic acids is 1. The maximum absolute atomic E-state index is 10.9. The van der Waals surface area contributed by atoms with Crippen LogP contribution in [-0.4, -0.2) is 24.2 Å². The molecule has 0 aliphatic heterocycles. The fraction of sp³-hybridized carbons (Fsp3) is 0.188. The van der Waals surface area contributed by atoms with Gasteiger partial charge in [-0.3, -0.25) is 4.79 Å². The van der Waals surface area contributed by atoms with E-state index >= 15 is 0 Å². The minimum Gasteiger partial charge on any atom is -0.497 e. The van der Waals surface area contributed by atoms with Crippen molar-refractivity contribution < 1.29 is 14.6 Å². The van der Waals surface area contributed by atoms with Gasteiger partial charge in [-0.05, 0) is 35.2 Å². The Kier molecular flexibility index (Phi) is 4.38. The van der Waals surface area contributed by atoms with Crippen LogP contribution in [0, 0.1) is 0 Å². The number of hydrogen-bond donors (Lipinski definition) is 2. The third-order valence-electron chi connectivity index (χ3n) is 3.15. The second-order valence-corrected chi connectivity index (χ2v) is 4.54. The molecule has 0 bridgehead atoms. The highest BCUT2D eigenvalue weighted by atomic mass is 16.5. The van der Waals surface area contributed by atoms with Crippen LogP contribution in [0.4, 0.5) is 0 Å². The molecule has 104 valence electrons. The standard InChI is InChI=1S/C16H17NO3/c1-20-13-7-8-14(11-5-3-2-4-6-11)12(9-13)10-15(17)16(18)19/h2-9,15H,10,17H2,1H3,(H,18,19)/t15-/m0/s1. The van der Waals surface area contributed by atoms with Crippen molar-refractivity contribution >= 4 is 5.97 Å². The summed E-state index contributed by atoms with van der Waals surface area (Å²) >= 11 is 0. The molecule has 20 heavy (non-hydrogen) atoms. The first-order chi connectivity index (χ1) is 9.61. The largest absolute Gasteiger partial charge is 0.497 e. The Morgan fingerprint density at radius 2 is 1.95 bits per heavy atom. The lowest BCUT2D eigenvalue weighted by Crippen LogP contribution is -2.32. The van der Waals surface area contributed by atoms with Crippen LogP contribution >= 0.6 is 0 Å². The van der Waals surface area contributed by atoms with Gasteiger partial charge in [0, 0.05) is 0 Å². The summed E-state index contributed by atoms with van der Waals surface area (Å²) in [6.07, 6.45) is 0.261. The van der Waals surface area contributed by atoms with Gasteiger partial charge in [0.05, 0.1) is 7.11 Å². The molecule has 0 aliphatic carbocycles. The van der Waals surface area contributed by atoms with E-state index in [-0.39, 0.29) is 6.42 Å². The normalized spacial score (nSPS) is 11.9. The number of ether oxygens (including phenoxy) is 1. The van der Waals surface area contributed by atoms with E-state index in [0.717, 1.165) is 16.7 Å². The highest BCUT2D eigenvalue weighted by Crippen LogP contribution is 2.28. The van der Waals surface area contributed by atoms with E-state index in [1.165, 1.54) is 0 Å². The topological polar surface area (TPSA) is 72.5 Å². The molecule has 0 amide bonds. The fourth-order valence-corrected chi connectivity index (χ4v) is 2.09. The molecule has 0 fully saturated rings. The Morgan fingerprint density at radius 3 is 2.55 bits per heavy atom. The minimum absolute atomic E-state index is 0.261. The van der Waals surface area contributed by atoms with Gasteiger partial charge in [-0.1, -0.05) is 36.4 Å². The molecule has 1 atom stereocenters. The van der Waals surface area contributed by atoms with Gasteiger partial charge < -0.3 is 15.6 Å². The number of rotatable bonds is 5. The van der Waals surface area contributed by atoms with Crippen molar-refractivity contribution in [3.63, 3.8) is 0 Å². The summed E-state index contributed by atoms with van der Waals surface area (Å²) in [4.78, 5) is 10.9. The predicted octanol–water partition coefficient (Wildman–Crippen LogP) is 2.32. The molecule has 0 aliphatic rings. The Labute approximate surface area is 117 Å². The summed E-state index contributed by atoms with van der Waals surface area (Å²) < 4.78 is 5.20. The first-order valence-corrected chi connectivity index (χ1v) is 6.32. The molecular weight excluding hydrogens is 254 g/mol.